The maximum absolute atomic E-state index is 12.1. The molecular weight excluding hydrogens is 406 g/mol. The molecule has 28 heavy (non-hydrogen) atoms. The Kier molecular flexibility index (Phi) is 7.18. The molecule has 1 aromatic carbocycles. The number of hydrogen-bond donors (Lipinski definition) is 3. The van der Waals surface area contributed by atoms with Crippen molar-refractivity contribution in [2.24, 2.45) is 5.92 Å². The lowest BCUT2D eigenvalue weighted by Gasteiger charge is -2.26. The van der Waals surface area contributed by atoms with Crippen LogP contribution in [-0.2, 0) is 24.7 Å². The van der Waals surface area contributed by atoms with Crippen molar-refractivity contribution in [3.8, 4) is 0 Å². The van der Waals surface area contributed by atoms with Crippen LogP contribution in [0, 0.1) is 5.92 Å². The van der Waals surface area contributed by atoms with Crippen LogP contribution in [0.4, 0.5) is 0 Å². The summed E-state index contributed by atoms with van der Waals surface area (Å²) in [7, 11) is -7.19. The predicted octanol–water partition coefficient (Wildman–Crippen LogP) is 0.349. The Morgan fingerprint density at radius 3 is 2.07 bits per heavy atom. The van der Waals surface area contributed by atoms with Gasteiger partial charge in [0.05, 0.1) is 4.90 Å². The lowest BCUT2D eigenvalue weighted by Crippen LogP contribution is -2.47. The number of rotatable bonds is 6. The van der Waals surface area contributed by atoms with E-state index >= 15 is 0 Å². The molecule has 156 valence electrons. The number of benzene rings is 1. The highest BCUT2D eigenvalue weighted by molar-refractivity contribution is 7.90. The maximum Gasteiger partial charge on any atom is 0.269 e. The van der Waals surface area contributed by atoms with E-state index in [1.54, 1.807) is 0 Å². The molecule has 1 aromatic rings. The quantitative estimate of drug-likeness (QED) is 0.556. The van der Waals surface area contributed by atoms with Crippen molar-refractivity contribution in [3.63, 3.8) is 0 Å². The fourth-order valence-electron chi connectivity index (χ4n) is 2.93. The van der Waals surface area contributed by atoms with Crippen LogP contribution < -0.4 is 15.6 Å². The molecule has 2 rings (SSSR count). The fourth-order valence-corrected chi connectivity index (χ4v) is 4.81. The molecule has 11 heteroatoms. The van der Waals surface area contributed by atoms with Gasteiger partial charge < -0.3 is 0 Å². The van der Waals surface area contributed by atoms with Crippen LogP contribution in [-0.4, -0.2) is 46.7 Å². The van der Waals surface area contributed by atoms with Crippen molar-refractivity contribution in [1.29, 1.82) is 0 Å². The number of sulfonamides is 1. The molecule has 0 aromatic heterocycles. The molecule has 0 atom stereocenters. The Morgan fingerprint density at radius 2 is 1.54 bits per heavy atom. The second-order valence-electron chi connectivity index (χ2n) is 7.13. The Balaban J connectivity index is 1.83. The normalized spacial score (nSPS) is 20.4. The first-order valence-corrected chi connectivity index (χ1v) is 12.4. The second kappa shape index (κ2) is 9.01. The van der Waals surface area contributed by atoms with Crippen LogP contribution in [0.1, 0.15) is 43.0 Å². The number of hydrazine groups is 1. The van der Waals surface area contributed by atoms with Crippen LogP contribution in [0.5, 0.6) is 0 Å². The summed E-state index contributed by atoms with van der Waals surface area (Å²) in [6.45, 7) is 2.12. The summed E-state index contributed by atoms with van der Waals surface area (Å²) in [5.74, 6) is -1.80. The third-order valence-corrected chi connectivity index (χ3v) is 7.01. The van der Waals surface area contributed by atoms with Gasteiger partial charge in [0.25, 0.3) is 11.8 Å². The van der Waals surface area contributed by atoms with Gasteiger partial charge in [-0.1, -0.05) is 6.92 Å². The van der Waals surface area contributed by atoms with Gasteiger partial charge in [0.2, 0.25) is 10.0 Å². The first-order chi connectivity index (χ1) is 13.0. The highest BCUT2D eigenvalue weighted by atomic mass is 32.2. The standard InChI is InChI=1S/C17H25N3O6S2/c1-12-3-7-14(8-4-12)20-28(25,26)11-16(21)18-19-17(22)13-5-9-15(10-6-13)27(2,23)24/h5-6,9-10,12,14,20H,3-4,7-8,11H2,1-2H3,(H,18,21)(H,19,22). The highest BCUT2D eigenvalue weighted by Crippen LogP contribution is 2.23. The lowest BCUT2D eigenvalue weighted by molar-refractivity contribution is -0.119. The van der Waals surface area contributed by atoms with Gasteiger partial charge in [0.15, 0.2) is 9.84 Å². The third-order valence-electron chi connectivity index (χ3n) is 4.54. The third kappa shape index (κ3) is 6.88. The van der Waals surface area contributed by atoms with Gasteiger partial charge in [-0.2, -0.15) is 0 Å². The van der Waals surface area contributed by atoms with Gasteiger partial charge in [-0.25, -0.2) is 21.6 Å². The molecule has 0 saturated heterocycles. The lowest BCUT2D eigenvalue weighted by atomic mass is 9.88. The summed E-state index contributed by atoms with van der Waals surface area (Å²) < 4.78 is 49.5. The minimum absolute atomic E-state index is 0.0577. The summed E-state index contributed by atoms with van der Waals surface area (Å²) in [6.07, 6.45) is 4.40. The number of amides is 2. The molecule has 0 spiro atoms. The topological polar surface area (TPSA) is 139 Å². The SMILES string of the molecule is CC1CCC(NS(=O)(=O)CC(=O)NNC(=O)c2ccc(S(C)(=O)=O)cc2)CC1. The van der Waals surface area contributed by atoms with Crippen molar-refractivity contribution in [1.82, 2.24) is 15.6 Å². The van der Waals surface area contributed by atoms with E-state index in [1.807, 2.05) is 0 Å². The minimum Gasteiger partial charge on any atom is -0.272 e. The van der Waals surface area contributed by atoms with Crippen molar-refractivity contribution < 1.29 is 26.4 Å². The molecule has 1 saturated carbocycles. The average Bonchev–Trinajstić information content (AvgIpc) is 2.60. The molecule has 0 heterocycles. The summed E-state index contributed by atoms with van der Waals surface area (Å²) in [5, 5.41) is 0. The van der Waals surface area contributed by atoms with E-state index in [0.29, 0.717) is 5.92 Å². The van der Waals surface area contributed by atoms with E-state index in [2.05, 4.69) is 22.5 Å². The van der Waals surface area contributed by atoms with Gasteiger partial charge in [-0.05, 0) is 55.9 Å². The Labute approximate surface area is 165 Å². The van der Waals surface area contributed by atoms with Crippen LogP contribution in [0.3, 0.4) is 0 Å². The molecule has 9 nitrogen and oxygen atoms in total. The second-order valence-corrected chi connectivity index (χ2v) is 10.9. The number of carbonyl (C=O) groups excluding carboxylic acids is 2. The van der Waals surface area contributed by atoms with E-state index < -0.39 is 37.4 Å². The first-order valence-electron chi connectivity index (χ1n) is 8.85. The molecule has 1 fully saturated rings. The van der Waals surface area contributed by atoms with Crippen LogP contribution in [0.15, 0.2) is 29.2 Å². The molecule has 0 bridgehead atoms. The number of nitrogens with one attached hydrogen (secondary N) is 3. The highest BCUT2D eigenvalue weighted by Gasteiger charge is 2.25. The van der Waals surface area contributed by atoms with Crippen LogP contribution in [0.25, 0.3) is 0 Å². The van der Waals surface area contributed by atoms with Crippen molar-refractivity contribution in [3.05, 3.63) is 29.8 Å². The summed E-state index contributed by atoms with van der Waals surface area (Å²) in [6, 6.07) is 4.95. The molecular formula is C17H25N3O6S2. The van der Waals surface area contributed by atoms with Crippen molar-refractivity contribution in [2.45, 2.75) is 43.5 Å². The molecule has 0 radical (unpaired) electrons. The summed E-state index contributed by atoms with van der Waals surface area (Å²) in [5.41, 5.74) is 4.27. The van der Waals surface area contributed by atoms with Gasteiger partial charge >= 0.3 is 0 Å². The number of carbonyl (C=O) groups is 2. The largest absolute Gasteiger partial charge is 0.272 e. The van der Waals surface area contributed by atoms with E-state index in [1.165, 1.54) is 24.3 Å². The van der Waals surface area contributed by atoms with E-state index in [4.69, 9.17) is 0 Å². The average molecular weight is 432 g/mol. The molecule has 0 unspecified atom stereocenters. The van der Waals surface area contributed by atoms with E-state index in [9.17, 15) is 26.4 Å². The zero-order chi connectivity index (χ0) is 20.9. The first kappa shape index (κ1) is 22.3. The zero-order valence-electron chi connectivity index (χ0n) is 15.8. The molecule has 2 amide bonds. The van der Waals surface area contributed by atoms with Gasteiger partial charge in [-0.3, -0.25) is 20.4 Å². The molecule has 3 N–H and O–H groups in total. The summed E-state index contributed by atoms with van der Waals surface area (Å²) in [4.78, 5) is 23.9. The summed E-state index contributed by atoms with van der Waals surface area (Å²) >= 11 is 0. The fraction of sp³-hybridized carbons (Fsp3) is 0.529. The predicted molar refractivity (Wildman–Crippen MR) is 104 cm³/mol. The Bertz CT molecular complexity index is 918. The molecule has 0 aliphatic heterocycles. The maximum atomic E-state index is 12.1. The number of hydrogen-bond acceptors (Lipinski definition) is 6. The molecule has 1 aliphatic rings. The van der Waals surface area contributed by atoms with Crippen LogP contribution in [0.2, 0.25) is 0 Å². The minimum atomic E-state index is -3.81. The van der Waals surface area contributed by atoms with Crippen LogP contribution >= 0.6 is 0 Å². The Hall–Kier alpha value is -1.98. The van der Waals surface area contributed by atoms with Gasteiger partial charge in [0, 0.05) is 17.9 Å². The van der Waals surface area contributed by atoms with Crippen molar-refractivity contribution in [2.75, 3.05) is 12.0 Å². The zero-order valence-corrected chi connectivity index (χ0v) is 17.4. The van der Waals surface area contributed by atoms with E-state index in [-0.39, 0.29) is 16.5 Å². The smallest absolute Gasteiger partial charge is 0.269 e. The monoisotopic (exact) mass is 431 g/mol. The van der Waals surface area contributed by atoms with Gasteiger partial charge in [-0.15, -0.1) is 0 Å². The molecule has 1 aliphatic carbocycles. The van der Waals surface area contributed by atoms with Gasteiger partial charge in [0.1, 0.15) is 5.75 Å². The Morgan fingerprint density at radius 1 is 0.964 bits per heavy atom. The van der Waals surface area contributed by atoms with E-state index in [0.717, 1.165) is 31.9 Å². The van der Waals surface area contributed by atoms with Crippen molar-refractivity contribution >= 4 is 31.7 Å². The number of sulfone groups is 1.